The van der Waals surface area contributed by atoms with Gasteiger partial charge in [0.2, 0.25) is 6.33 Å². The maximum Gasteiger partial charge on any atom is 0.243 e. The summed E-state index contributed by atoms with van der Waals surface area (Å²) in [6.07, 6.45) is 6.21. The van der Waals surface area contributed by atoms with Crippen LogP contribution >= 0.6 is 0 Å². The van der Waals surface area contributed by atoms with E-state index in [0.717, 1.165) is 19.7 Å². The van der Waals surface area contributed by atoms with Gasteiger partial charge in [-0.1, -0.05) is 0 Å². The van der Waals surface area contributed by atoms with Crippen LogP contribution < -0.4 is 4.57 Å². The van der Waals surface area contributed by atoms with Crippen LogP contribution in [0.3, 0.4) is 0 Å². The summed E-state index contributed by atoms with van der Waals surface area (Å²) in [6.45, 7) is 6.11. The lowest BCUT2D eigenvalue weighted by molar-refractivity contribution is -0.698. The molecule has 0 atom stereocenters. The first-order chi connectivity index (χ1) is 6.86. The highest BCUT2D eigenvalue weighted by Gasteiger charge is 2.00. The van der Waals surface area contributed by atoms with Crippen LogP contribution in [0.5, 0.6) is 0 Å². The van der Waals surface area contributed by atoms with Crippen molar-refractivity contribution in [3.05, 3.63) is 18.7 Å². The Morgan fingerprint density at radius 1 is 1.29 bits per heavy atom. The van der Waals surface area contributed by atoms with Crippen molar-refractivity contribution >= 4 is 0 Å². The summed E-state index contributed by atoms with van der Waals surface area (Å²) in [5.74, 6) is 0. The van der Waals surface area contributed by atoms with Crippen molar-refractivity contribution in [1.82, 2.24) is 4.57 Å². The number of nitrogens with zero attached hydrogens (tertiary/aromatic N) is 2. The Balaban J connectivity index is 2.12. The quantitative estimate of drug-likeness (QED) is 0.471. The minimum atomic E-state index is 0.667. The fourth-order valence-corrected chi connectivity index (χ4v) is 1.17. The molecule has 0 spiro atoms. The van der Waals surface area contributed by atoms with Gasteiger partial charge in [0, 0.05) is 7.11 Å². The number of imidazole rings is 1. The molecule has 0 N–H and O–H groups in total. The SMILES string of the molecule is CCn1cc[n+](CCOCCOC)c1. The molecule has 14 heavy (non-hydrogen) atoms. The molecule has 0 fully saturated rings. The highest BCUT2D eigenvalue weighted by Crippen LogP contribution is 1.83. The molecule has 1 rings (SSSR count). The fraction of sp³-hybridized carbons (Fsp3) is 0.700. The van der Waals surface area contributed by atoms with Crippen molar-refractivity contribution in [2.75, 3.05) is 26.9 Å². The highest BCUT2D eigenvalue weighted by atomic mass is 16.5. The van der Waals surface area contributed by atoms with Crippen LogP contribution in [-0.4, -0.2) is 31.5 Å². The number of methoxy groups -OCH3 is 1. The number of rotatable bonds is 7. The average molecular weight is 199 g/mol. The molecule has 1 heterocycles. The van der Waals surface area contributed by atoms with Gasteiger partial charge in [-0.25, -0.2) is 9.13 Å². The molecule has 0 aliphatic carbocycles. The molecule has 0 unspecified atom stereocenters. The second-order valence-corrected chi connectivity index (χ2v) is 3.09. The summed E-state index contributed by atoms with van der Waals surface area (Å²) in [5.41, 5.74) is 0. The number of aromatic nitrogens is 2. The Hall–Kier alpha value is -0.870. The van der Waals surface area contributed by atoms with E-state index in [-0.39, 0.29) is 0 Å². The van der Waals surface area contributed by atoms with E-state index >= 15 is 0 Å². The van der Waals surface area contributed by atoms with E-state index in [0.29, 0.717) is 13.2 Å². The zero-order valence-electron chi connectivity index (χ0n) is 8.98. The molecule has 4 nitrogen and oxygen atoms in total. The predicted octanol–water partition coefficient (Wildman–Crippen LogP) is 0.458. The van der Waals surface area contributed by atoms with Crippen LogP contribution in [-0.2, 0) is 22.6 Å². The maximum absolute atomic E-state index is 5.37. The van der Waals surface area contributed by atoms with Crippen molar-refractivity contribution in [3.8, 4) is 0 Å². The number of hydrogen-bond acceptors (Lipinski definition) is 2. The topological polar surface area (TPSA) is 27.3 Å². The standard InChI is InChI=1S/C10H19N2O2/c1-3-11-4-5-12(10-11)6-7-14-9-8-13-2/h4-5,10H,3,6-9H2,1-2H3/q+1. The molecular formula is C10H19N2O2+. The van der Waals surface area contributed by atoms with Crippen LogP contribution in [0.1, 0.15) is 6.92 Å². The van der Waals surface area contributed by atoms with Crippen LogP contribution in [0.15, 0.2) is 18.7 Å². The van der Waals surface area contributed by atoms with E-state index in [4.69, 9.17) is 9.47 Å². The number of hydrogen-bond donors (Lipinski definition) is 0. The van der Waals surface area contributed by atoms with Gasteiger partial charge in [-0.05, 0) is 6.92 Å². The molecule has 0 amide bonds. The Labute approximate surface area is 85.1 Å². The molecule has 0 aliphatic rings. The smallest absolute Gasteiger partial charge is 0.243 e. The zero-order chi connectivity index (χ0) is 10.2. The third-order valence-corrected chi connectivity index (χ3v) is 2.04. The van der Waals surface area contributed by atoms with Gasteiger partial charge in [0.1, 0.15) is 18.9 Å². The lowest BCUT2D eigenvalue weighted by atomic mass is 10.6. The lowest BCUT2D eigenvalue weighted by Crippen LogP contribution is -2.33. The van der Waals surface area contributed by atoms with Crippen molar-refractivity contribution in [3.63, 3.8) is 0 Å². The normalized spacial score (nSPS) is 10.7. The van der Waals surface area contributed by atoms with Gasteiger partial charge in [-0.2, -0.15) is 0 Å². The maximum atomic E-state index is 5.37. The minimum absolute atomic E-state index is 0.667. The molecule has 4 heteroatoms. The lowest BCUT2D eigenvalue weighted by Gasteiger charge is -2.00. The molecule has 1 aromatic heterocycles. The molecule has 0 saturated carbocycles. The van der Waals surface area contributed by atoms with E-state index in [1.165, 1.54) is 0 Å². The van der Waals surface area contributed by atoms with E-state index < -0.39 is 0 Å². The summed E-state index contributed by atoms with van der Waals surface area (Å²) < 4.78 is 14.5. The molecule has 1 aromatic rings. The Morgan fingerprint density at radius 3 is 2.79 bits per heavy atom. The minimum Gasteiger partial charge on any atom is -0.382 e. The first-order valence-electron chi connectivity index (χ1n) is 4.98. The summed E-state index contributed by atoms with van der Waals surface area (Å²) in [4.78, 5) is 0. The van der Waals surface area contributed by atoms with Crippen LogP contribution in [0.25, 0.3) is 0 Å². The predicted molar refractivity (Wildman–Crippen MR) is 53.0 cm³/mol. The van der Waals surface area contributed by atoms with Crippen molar-refractivity contribution in [2.45, 2.75) is 20.0 Å². The largest absolute Gasteiger partial charge is 0.382 e. The molecule has 80 valence electrons. The van der Waals surface area contributed by atoms with Crippen LogP contribution in [0.4, 0.5) is 0 Å². The van der Waals surface area contributed by atoms with Crippen LogP contribution in [0.2, 0.25) is 0 Å². The summed E-state index contributed by atoms with van der Waals surface area (Å²) in [5, 5.41) is 0. The fourth-order valence-electron chi connectivity index (χ4n) is 1.17. The first-order valence-corrected chi connectivity index (χ1v) is 4.98. The van der Waals surface area contributed by atoms with E-state index in [1.54, 1.807) is 7.11 Å². The number of ether oxygens (including phenoxy) is 2. The van der Waals surface area contributed by atoms with E-state index in [2.05, 4.69) is 34.8 Å². The molecule has 0 aromatic carbocycles. The molecule has 0 bridgehead atoms. The highest BCUT2D eigenvalue weighted by molar-refractivity contribution is 4.64. The van der Waals surface area contributed by atoms with Gasteiger partial charge in [0.25, 0.3) is 0 Å². The molecule has 0 aliphatic heterocycles. The van der Waals surface area contributed by atoms with Gasteiger partial charge in [-0.15, -0.1) is 0 Å². The zero-order valence-corrected chi connectivity index (χ0v) is 8.98. The Kier molecular flexibility index (Phi) is 5.25. The molecule has 0 saturated heterocycles. The third kappa shape index (κ3) is 3.89. The van der Waals surface area contributed by atoms with Gasteiger partial charge < -0.3 is 9.47 Å². The van der Waals surface area contributed by atoms with Gasteiger partial charge in [-0.3, -0.25) is 0 Å². The van der Waals surface area contributed by atoms with Crippen molar-refractivity contribution in [2.24, 2.45) is 0 Å². The Bertz CT molecular complexity index is 248. The monoisotopic (exact) mass is 199 g/mol. The number of aryl methyl sites for hydroxylation is 1. The van der Waals surface area contributed by atoms with Gasteiger partial charge in [0.15, 0.2) is 0 Å². The summed E-state index contributed by atoms with van der Waals surface area (Å²) in [6, 6.07) is 0. The van der Waals surface area contributed by atoms with E-state index in [9.17, 15) is 0 Å². The summed E-state index contributed by atoms with van der Waals surface area (Å²) >= 11 is 0. The Morgan fingerprint density at radius 2 is 2.14 bits per heavy atom. The second kappa shape index (κ2) is 6.56. The molecule has 0 radical (unpaired) electrons. The molecular weight excluding hydrogens is 180 g/mol. The van der Waals surface area contributed by atoms with Gasteiger partial charge >= 0.3 is 0 Å². The van der Waals surface area contributed by atoms with Gasteiger partial charge in [0.05, 0.1) is 26.4 Å². The second-order valence-electron chi connectivity index (χ2n) is 3.09. The van der Waals surface area contributed by atoms with E-state index in [1.807, 2.05) is 0 Å². The summed E-state index contributed by atoms with van der Waals surface area (Å²) in [7, 11) is 1.68. The third-order valence-electron chi connectivity index (χ3n) is 2.04. The van der Waals surface area contributed by atoms with Crippen molar-refractivity contribution < 1.29 is 14.0 Å². The average Bonchev–Trinajstić information content (AvgIpc) is 2.65. The first kappa shape index (κ1) is 11.2. The van der Waals surface area contributed by atoms with Crippen molar-refractivity contribution in [1.29, 1.82) is 0 Å². The van der Waals surface area contributed by atoms with Crippen LogP contribution in [0, 0.1) is 0 Å².